The number of fused-ring (bicyclic) bond motifs is 1. The highest BCUT2D eigenvalue weighted by Gasteiger charge is 2.21. The first kappa shape index (κ1) is 20.5. The summed E-state index contributed by atoms with van der Waals surface area (Å²) in [6.45, 7) is -0.0153. The second-order valence-corrected chi connectivity index (χ2v) is 8.17. The quantitative estimate of drug-likeness (QED) is 0.366. The first-order chi connectivity index (χ1) is 14.5. The van der Waals surface area contributed by atoms with Gasteiger partial charge in [0.05, 0.1) is 21.8 Å². The van der Waals surface area contributed by atoms with E-state index in [4.69, 9.17) is 27.9 Å². The summed E-state index contributed by atoms with van der Waals surface area (Å²) >= 11 is 13.2. The Morgan fingerprint density at radius 3 is 2.80 bits per heavy atom. The van der Waals surface area contributed by atoms with Crippen LogP contribution in [0, 0.1) is 5.82 Å². The van der Waals surface area contributed by atoms with E-state index in [1.165, 1.54) is 28.4 Å². The molecule has 9 heteroatoms. The molecule has 0 spiro atoms. The highest BCUT2D eigenvalue weighted by atomic mass is 35.5. The smallest absolute Gasteiger partial charge is 0.267 e. The minimum Gasteiger partial charge on any atom is -0.482 e. The Morgan fingerprint density at radius 2 is 2.03 bits per heavy atom. The van der Waals surface area contributed by atoms with E-state index in [1.807, 2.05) is 6.07 Å². The zero-order valence-electron chi connectivity index (χ0n) is 15.4. The van der Waals surface area contributed by atoms with Crippen LogP contribution in [0.2, 0.25) is 10.0 Å². The van der Waals surface area contributed by atoms with Gasteiger partial charge in [0.1, 0.15) is 11.6 Å². The third kappa shape index (κ3) is 4.70. The fourth-order valence-corrected chi connectivity index (χ4v) is 4.22. The summed E-state index contributed by atoms with van der Waals surface area (Å²) in [5.74, 6) is -0.338. The molecule has 2 heterocycles. The van der Waals surface area contributed by atoms with Crippen molar-refractivity contribution >= 4 is 55.8 Å². The minimum absolute atomic E-state index is 0.243. The van der Waals surface area contributed by atoms with Crippen LogP contribution in [0.25, 0.3) is 10.2 Å². The van der Waals surface area contributed by atoms with Gasteiger partial charge in [-0.15, -0.1) is 0 Å². The van der Waals surface area contributed by atoms with Crippen LogP contribution in [0.3, 0.4) is 0 Å². The predicted octanol–water partition coefficient (Wildman–Crippen LogP) is 5.75. The molecule has 5 nitrogen and oxygen atoms in total. The number of aromatic nitrogens is 2. The van der Waals surface area contributed by atoms with Crippen molar-refractivity contribution in [3.05, 3.63) is 82.4 Å². The van der Waals surface area contributed by atoms with Crippen molar-refractivity contribution in [3.63, 3.8) is 0 Å². The molecule has 0 aliphatic carbocycles. The van der Waals surface area contributed by atoms with Crippen molar-refractivity contribution in [1.29, 1.82) is 0 Å². The maximum absolute atomic E-state index is 13.6. The molecule has 2 aromatic heterocycles. The molecule has 152 valence electrons. The maximum atomic E-state index is 13.6. The number of nitrogens with zero attached hydrogens (tertiary/aromatic N) is 3. The number of rotatable bonds is 6. The molecule has 0 bridgehead atoms. The second kappa shape index (κ2) is 8.95. The lowest BCUT2D eigenvalue weighted by atomic mass is 10.2. The molecule has 0 saturated heterocycles. The maximum Gasteiger partial charge on any atom is 0.267 e. The fraction of sp³-hybridized carbons (Fsp3) is 0.0952. The van der Waals surface area contributed by atoms with Gasteiger partial charge in [-0.25, -0.2) is 9.37 Å². The number of carbonyl (C=O) groups is 1. The molecule has 0 aliphatic rings. The van der Waals surface area contributed by atoms with Gasteiger partial charge in [0.2, 0.25) is 0 Å². The van der Waals surface area contributed by atoms with Crippen LogP contribution in [0.15, 0.2) is 60.9 Å². The molecule has 0 fully saturated rings. The normalized spacial score (nSPS) is 10.9. The average Bonchev–Trinajstić information content (AvgIpc) is 3.14. The molecular weight excluding hydrogens is 448 g/mol. The van der Waals surface area contributed by atoms with Gasteiger partial charge < -0.3 is 4.74 Å². The number of anilines is 1. The van der Waals surface area contributed by atoms with Crippen LogP contribution in [0.1, 0.15) is 5.56 Å². The summed E-state index contributed by atoms with van der Waals surface area (Å²) in [6.07, 6.45) is 3.33. The summed E-state index contributed by atoms with van der Waals surface area (Å²) in [5.41, 5.74) is 1.43. The number of carbonyl (C=O) groups excluding carboxylic acids is 1. The Bertz CT molecular complexity index is 1200. The van der Waals surface area contributed by atoms with Gasteiger partial charge in [-0.05, 0) is 48.0 Å². The molecule has 0 atom stereocenters. The summed E-state index contributed by atoms with van der Waals surface area (Å²) < 4.78 is 19.8. The predicted molar refractivity (Wildman–Crippen MR) is 117 cm³/mol. The highest BCUT2D eigenvalue weighted by Crippen LogP contribution is 2.31. The standard InChI is InChI=1S/C21H14Cl2FN3O2S/c22-14-3-6-18(16(23)8-14)29-12-20(28)27(11-13-2-1-7-25-10-13)21-26-17-5-4-15(24)9-19(17)30-21/h1-10H,11-12H2. The molecule has 4 rings (SSSR count). The van der Waals surface area contributed by atoms with Gasteiger partial charge in [-0.3, -0.25) is 14.7 Å². The van der Waals surface area contributed by atoms with Crippen LogP contribution in [-0.2, 0) is 11.3 Å². The molecule has 0 aliphatic heterocycles. The third-order valence-electron chi connectivity index (χ3n) is 4.18. The van der Waals surface area contributed by atoms with E-state index < -0.39 is 0 Å². The van der Waals surface area contributed by atoms with E-state index in [9.17, 15) is 9.18 Å². The zero-order valence-corrected chi connectivity index (χ0v) is 17.7. The molecule has 0 radical (unpaired) electrons. The van der Waals surface area contributed by atoms with Crippen molar-refractivity contribution in [2.24, 2.45) is 0 Å². The first-order valence-electron chi connectivity index (χ1n) is 8.83. The summed E-state index contributed by atoms with van der Waals surface area (Å²) in [7, 11) is 0. The van der Waals surface area contributed by atoms with Gasteiger partial charge in [0, 0.05) is 17.4 Å². The number of thiazole rings is 1. The lowest BCUT2D eigenvalue weighted by molar-refractivity contribution is -0.120. The SMILES string of the molecule is O=C(COc1ccc(Cl)cc1Cl)N(Cc1cccnc1)c1nc2ccc(F)cc2s1. The van der Waals surface area contributed by atoms with Crippen molar-refractivity contribution in [2.45, 2.75) is 6.54 Å². The van der Waals surface area contributed by atoms with E-state index in [0.717, 1.165) is 5.56 Å². The Labute approximate surface area is 185 Å². The number of amides is 1. The van der Waals surface area contributed by atoms with Crippen molar-refractivity contribution in [1.82, 2.24) is 9.97 Å². The minimum atomic E-state index is -0.358. The zero-order chi connectivity index (χ0) is 21.1. The second-order valence-electron chi connectivity index (χ2n) is 6.31. The molecule has 0 unspecified atom stereocenters. The van der Waals surface area contributed by atoms with E-state index in [1.54, 1.807) is 42.7 Å². The van der Waals surface area contributed by atoms with Crippen LogP contribution in [0.4, 0.5) is 9.52 Å². The largest absolute Gasteiger partial charge is 0.482 e. The Balaban J connectivity index is 1.61. The molecule has 30 heavy (non-hydrogen) atoms. The molecule has 4 aromatic rings. The molecule has 0 N–H and O–H groups in total. The molecule has 2 aromatic carbocycles. The number of hydrogen-bond acceptors (Lipinski definition) is 5. The summed E-state index contributed by atoms with van der Waals surface area (Å²) in [5, 5.41) is 1.22. The van der Waals surface area contributed by atoms with Crippen molar-refractivity contribution < 1.29 is 13.9 Å². The van der Waals surface area contributed by atoms with Crippen LogP contribution in [-0.4, -0.2) is 22.5 Å². The summed E-state index contributed by atoms with van der Waals surface area (Å²) in [4.78, 5) is 23.1. The third-order valence-corrected chi connectivity index (χ3v) is 5.75. The van der Waals surface area contributed by atoms with Crippen LogP contribution in [0.5, 0.6) is 5.75 Å². The van der Waals surface area contributed by atoms with Gasteiger partial charge in [-0.2, -0.15) is 0 Å². The van der Waals surface area contributed by atoms with Gasteiger partial charge in [0.15, 0.2) is 11.7 Å². The fourth-order valence-electron chi connectivity index (χ4n) is 2.75. The van der Waals surface area contributed by atoms with Gasteiger partial charge >= 0.3 is 0 Å². The van der Waals surface area contributed by atoms with Crippen molar-refractivity contribution in [2.75, 3.05) is 11.5 Å². The number of ether oxygens (including phenoxy) is 1. The van der Waals surface area contributed by atoms with E-state index >= 15 is 0 Å². The van der Waals surface area contributed by atoms with E-state index in [2.05, 4.69) is 9.97 Å². The summed E-state index contributed by atoms with van der Waals surface area (Å²) in [6, 6.07) is 12.7. The Kier molecular flexibility index (Phi) is 6.13. The molecule has 1 amide bonds. The monoisotopic (exact) mass is 461 g/mol. The van der Waals surface area contributed by atoms with Crippen molar-refractivity contribution in [3.8, 4) is 5.75 Å². The lowest BCUT2D eigenvalue weighted by Crippen LogP contribution is -2.34. The average molecular weight is 462 g/mol. The van der Waals surface area contributed by atoms with E-state index in [-0.39, 0.29) is 24.9 Å². The first-order valence-corrected chi connectivity index (χ1v) is 10.4. The molecular formula is C21H14Cl2FN3O2S. The van der Waals surface area contributed by atoms with Gasteiger partial charge in [0.25, 0.3) is 5.91 Å². The lowest BCUT2D eigenvalue weighted by Gasteiger charge is -2.20. The highest BCUT2D eigenvalue weighted by molar-refractivity contribution is 7.22. The number of halogens is 3. The Hall–Kier alpha value is -2.74. The van der Waals surface area contributed by atoms with Gasteiger partial charge in [-0.1, -0.05) is 40.6 Å². The van der Waals surface area contributed by atoms with Crippen LogP contribution < -0.4 is 9.64 Å². The topological polar surface area (TPSA) is 55.3 Å². The number of benzene rings is 2. The van der Waals surface area contributed by atoms with Crippen LogP contribution >= 0.6 is 34.5 Å². The number of hydrogen-bond donors (Lipinski definition) is 0. The number of pyridine rings is 1. The Morgan fingerprint density at radius 1 is 1.17 bits per heavy atom. The molecule has 0 saturated carbocycles. The van der Waals surface area contributed by atoms with E-state index in [0.29, 0.717) is 31.1 Å².